The first-order chi connectivity index (χ1) is 17.9. The van der Waals surface area contributed by atoms with E-state index in [1.54, 1.807) is 39.1 Å². The Bertz CT molecular complexity index is 1070. The second-order valence-corrected chi connectivity index (χ2v) is 9.76. The molecule has 38 heavy (non-hydrogen) atoms. The van der Waals surface area contributed by atoms with Gasteiger partial charge in [0.1, 0.15) is 23.9 Å². The third-order valence-electron chi connectivity index (χ3n) is 6.36. The number of phenols is 1. The Balaban J connectivity index is 2.21. The monoisotopic (exact) mass is 530 g/mol. The average Bonchev–Trinajstić information content (AvgIpc) is 3.38. The topological polar surface area (TPSA) is 200 Å². The summed E-state index contributed by atoms with van der Waals surface area (Å²) in [5.74, 6) is -3.66. The molecule has 0 saturated heterocycles. The summed E-state index contributed by atoms with van der Waals surface area (Å²) in [4.78, 5) is 57.8. The number of benzene rings is 1. The number of aromatic hydroxyl groups is 1. The van der Waals surface area contributed by atoms with Gasteiger partial charge < -0.3 is 36.9 Å². The Hall–Kier alpha value is -3.93. The van der Waals surface area contributed by atoms with E-state index in [0.717, 1.165) is 0 Å². The van der Waals surface area contributed by atoms with Crippen molar-refractivity contribution in [1.29, 1.82) is 0 Å². The van der Waals surface area contributed by atoms with Crippen molar-refractivity contribution in [2.24, 2.45) is 17.6 Å². The lowest BCUT2D eigenvalue weighted by Crippen LogP contribution is -2.59. The number of aromatic nitrogens is 2. The molecule has 0 aliphatic carbocycles. The quantitative estimate of drug-likeness (QED) is 0.183. The lowest BCUT2D eigenvalue weighted by atomic mass is 9.97. The van der Waals surface area contributed by atoms with Crippen LogP contribution in [0.4, 0.5) is 0 Å². The number of hydrogen-bond donors (Lipinski definition) is 7. The lowest BCUT2D eigenvalue weighted by molar-refractivity contribution is -0.144. The van der Waals surface area contributed by atoms with E-state index in [4.69, 9.17) is 5.73 Å². The molecule has 0 fully saturated rings. The Labute approximate surface area is 221 Å². The van der Waals surface area contributed by atoms with Gasteiger partial charge in [0.15, 0.2) is 0 Å². The minimum atomic E-state index is -1.16. The van der Waals surface area contributed by atoms with Crippen molar-refractivity contribution in [3.05, 3.63) is 48.0 Å². The van der Waals surface area contributed by atoms with E-state index < -0.39 is 47.9 Å². The largest absolute Gasteiger partial charge is 0.508 e. The molecule has 1 heterocycles. The molecule has 2 aromatic rings. The number of carbonyl (C=O) groups is 4. The Morgan fingerprint density at radius 2 is 1.58 bits per heavy atom. The summed E-state index contributed by atoms with van der Waals surface area (Å²) in [5, 5.41) is 27.0. The van der Waals surface area contributed by atoms with Crippen LogP contribution in [0.1, 0.15) is 45.4 Å². The molecule has 2 rings (SSSR count). The summed E-state index contributed by atoms with van der Waals surface area (Å²) in [6.07, 6.45) is 3.78. The SMILES string of the molecule is CCC(C)C(NC(=O)C(NC(=O)C(Cc1ccc(O)cc1)NC(=O)C(N)Cc1cnc[nH]1)C(C)C)C(=O)O. The summed E-state index contributed by atoms with van der Waals surface area (Å²) in [6, 6.07) is 1.92. The number of carbonyl (C=O) groups excluding carboxylic acids is 3. The maximum Gasteiger partial charge on any atom is 0.326 e. The Morgan fingerprint density at radius 3 is 2.11 bits per heavy atom. The molecule has 5 atom stereocenters. The van der Waals surface area contributed by atoms with Gasteiger partial charge in [-0.05, 0) is 29.5 Å². The Kier molecular flexibility index (Phi) is 11.3. The third kappa shape index (κ3) is 8.87. The molecule has 1 aromatic heterocycles. The molecule has 12 heteroatoms. The maximum absolute atomic E-state index is 13.4. The molecule has 0 saturated carbocycles. The minimum Gasteiger partial charge on any atom is -0.508 e. The molecular formula is C26H38N6O6. The van der Waals surface area contributed by atoms with Crippen LogP contribution < -0.4 is 21.7 Å². The Morgan fingerprint density at radius 1 is 0.947 bits per heavy atom. The van der Waals surface area contributed by atoms with Gasteiger partial charge in [-0.25, -0.2) is 9.78 Å². The molecule has 3 amide bonds. The van der Waals surface area contributed by atoms with Crippen LogP contribution in [0.2, 0.25) is 0 Å². The second-order valence-electron chi connectivity index (χ2n) is 9.76. The predicted molar refractivity (Wildman–Crippen MR) is 140 cm³/mol. The standard InChI is InChI=1S/C26H38N6O6/c1-5-15(4)22(26(37)38)32-25(36)21(14(2)3)31-24(35)20(10-16-6-8-18(33)9-7-16)30-23(34)19(27)11-17-12-28-13-29-17/h6-9,12-15,19-22,33H,5,10-11,27H2,1-4H3,(H,28,29)(H,30,34)(H,31,35)(H,32,36)(H,37,38). The van der Waals surface area contributed by atoms with Crippen molar-refractivity contribution in [3.63, 3.8) is 0 Å². The van der Waals surface area contributed by atoms with Crippen molar-refractivity contribution < 1.29 is 29.4 Å². The van der Waals surface area contributed by atoms with Crippen LogP contribution >= 0.6 is 0 Å². The number of aromatic amines is 1. The van der Waals surface area contributed by atoms with E-state index in [0.29, 0.717) is 17.7 Å². The van der Waals surface area contributed by atoms with E-state index in [1.165, 1.54) is 18.5 Å². The van der Waals surface area contributed by atoms with Gasteiger partial charge in [-0.2, -0.15) is 0 Å². The maximum atomic E-state index is 13.4. The molecule has 8 N–H and O–H groups in total. The van der Waals surface area contributed by atoms with Gasteiger partial charge in [0.2, 0.25) is 17.7 Å². The number of carboxylic acids is 1. The molecule has 0 aliphatic rings. The zero-order valence-corrected chi connectivity index (χ0v) is 22.1. The number of nitrogens with zero attached hydrogens (tertiary/aromatic N) is 1. The minimum absolute atomic E-state index is 0.0474. The van der Waals surface area contributed by atoms with Crippen LogP contribution in [0.25, 0.3) is 0 Å². The molecular weight excluding hydrogens is 492 g/mol. The third-order valence-corrected chi connectivity index (χ3v) is 6.36. The predicted octanol–water partition coefficient (Wildman–Crippen LogP) is 0.469. The van der Waals surface area contributed by atoms with Gasteiger partial charge in [-0.1, -0.05) is 46.2 Å². The fourth-order valence-corrected chi connectivity index (χ4v) is 3.80. The summed E-state index contributed by atoms with van der Waals surface area (Å²) in [5.41, 5.74) is 7.35. The normalized spacial score (nSPS) is 15.1. The molecule has 0 aliphatic heterocycles. The number of nitrogens with two attached hydrogens (primary N) is 1. The lowest BCUT2D eigenvalue weighted by Gasteiger charge is -2.28. The number of aliphatic carboxylic acids is 1. The highest BCUT2D eigenvalue weighted by Crippen LogP contribution is 2.13. The fourth-order valence-electron chi connectivity index (χ4n) is 3.80. The van der Waals surface area contributed by atoms with Crippen molar-refractivity contribution in [2.45, 2.75) is 71.1 Å². The smallest absolute Gasteiger partial charge is 0.326 e. The van der Waals surface area contributed by atoms with Crippen LogP contribution in [0.15, 0.2) is 36.8 Å². The van der Waals surface area contributed by atoms with E-state index in [-0.39, 0.29) is 30.4 Å². The first-order valence-electron chi connectivity index (χ1n) is 12.6. The van der Waals surface area contributed by atoms with Gasteiger partial charge in [-0.3, -0.25) is 14.4 Å². The summed E-state index contributed by atoms with van der Waals surface area (Å²) >= 11 is 0. The first-order valence-corrected chi connectivity index (χ1v) is 12.6. The summed E-state index contributed by atoms with van der Waals surface area (Å²) in [7, 11) is 0. The van der Waals surface area contributed by atoms with Gasteiger partial charge in [-0.15, -0.1) is 0 Å². The first kappa shape index (κ1) is 30.3. The number of hydrogen-bond acceptors (Lipinski definition) is 7. The number of phenolic OH excluding ortho intramolecular Hbond substituents is 1. The highest BCUT2D eigenvalue weighted by molar-refractivity contribution is 5.94. The van der Waals surface area contributed by atoms with Crippen LogP contribution in [0, 0.1) is 11.8 Å². The zero-order valence-electron chi connectivity index (χ0n) is 22.1. The van der Waals surface area contributed by atoms with Crippen molar-refractivity contribution in [2.75, 3.05) is 0 Å². The van der Waals surface area contributed by atoms with Crippen LogP contribution in [-0.4, -0.2) is 68.0 Å². The van der Waals surface area contributed by atoms with Crippen LogP contribution in [0.5, 0.6) is 5.75 Å². The second kappa shape index (κ2) is 14.1. The molecule has 0 spiro atoms. The average molecular weight is 531 g/mol. The van der Waals surface area contributed by atoms with E-state index in [1.807, 2.05) is 6.92 Å². The number of carboxylic acid groups (broad SMARTS) is 1. The van der Waals surface area contributed by atoms with E-state index in [9.17, 15) is 29.4 Å². The molecule has 12 nitrogen and oxygen atoms in total. The molecule has 0 bridgehead atoms. The molecule has 1 aromatic carbocycles. The summed E-state index contributed by atoms with van der Waals surface area (Å²) in [6.45, 7) is 6.98. The number of rotatable bonds is 14. The summed E-state index contributed by atoms with van der Waals surface area (Å²) < 4.78 is 0. The highest BCUT2D eigenvalue weighted by atomic mass is 16.4. The zero-order chi connectivity index (χ0) is 28.4. The van der Waals surface area contributed by atoms with E-state index >= 15 is 0 Å². The molecule has 0 radical (unpaired) electrons. The van der Waals surface area contributed by atoms with Crippen molar-refractivity contribution >= 4 is 23.7 Å². The number of H-pyrrole nitrogens is 1. The van der Waals surface area contributed by atoms with Crippen LogP contribution in [-0.2, 0) is 32.0 Å². The molecule has 5 unspecified atom stereocenters. The van der Waals surface area contributed by atoms with Crippen molar-refractivity contribution in [1.82, 2.24) is 25.9 Å². The molecule has 208 valence electrons. The van der Waals surface area contributed by atoms with Gasteiger partial charge in [0.05, 0.1) is 12.4 Å². The van der Waals surface area contributed by atoms with Crippen molar-refractivity contribution in [3.8, 4) is 5.75 Å². The van der Waals surface area contributed by atoms with Gasteiger partial charge in [0, 0.05) is 24.7 Å². The number of amides is 3. The van der Waals surface area contributed by atoms with Crippen LogP contribution in [0.3, 0.4) is 0 Å². The van der Waals surface area contributed by atoms with E-state index in [2.05, 4.69) is 25.9 Å². The highest BCUT2D eigenvalue weighted by Gasteiger charge is 2.33. The fraction of sp³-hybridized carbons (Fsp3) is 0.500. The number of nitrogens with one attached hydrogen (secondary N) is 4. The number of imidazole rings is 1. The van der Waals surface area contributed by atoms with Gasteiger partial charge >= 0.3 is 5.97 Å². The van der Waals surface area contributed by atoms with Gasteiger partial charge in [0.25, 0.3) is 0 Å².